The van der Waals surface area contributed by atoms with Crippen LogP contribution >= 0.6 is 0 Å². The lowest BCUT2D eigenvalue weighted by atomic mass is 10.0. The number of aliphatic imine (C=N–C) groups is 1. The van der Waals surface area contributed by atoms with Gasteiger partial charge < -0.3 is 15.3 Å². The van der Waals surface area contributed by atoms with Gasteiger partial charge in [-0.05, 0) is 25.0 Å². The van der Waals surface area contributed by atoms with E-state index in [-0.39, 0.29) is 12.1 Å². The van der Waals surface area contributed by atoms with Gasteiger partial charge in [-0.15, -0.1) is 0 Å². The number of benzene rings is 1. The SMILES string of the molecule is CCNC(=NCC(O)c1ccccc1F)N1CCC(c2cnn(C)c2)C1. The van der Waals surface area contributed by atoms with Crippen LogP contribution in [0.15, 0.2) is 41.7 Å². The Morgan fingerprint density at radius 2 is 2.27 bits per heavy atom. The molecule has 1 aromatic heterocycles. The Labute approximate surface area is 153 Å². The minimum absolute atomic E-state index is 0.122. The van der Waals surface area contributed by atoms with Gasteiger partial charge in [0.2, 0.25) is 0 Å². The maximum atomic E-state index is 13.8. The smallest absolute Gasteiger partial charge is 0.194 e. The highest BCUT2D eigenvalue weighted by molar-refractivity contribution is 5.80. The topological polar surface area (TPSA) is 65.7 Å². The predicted octanol–water partition coefficient (Wildman–Crippen LogP) is 2.05. The summed E-state index contributed by atoms with van der Waals surface area (Å²) < 4.78 is 15.6. The van der Waals surface area contributed by atoms with Gasteiger partial charge in [0.1, 0.15) is 11.9 Å². The molecule has 1 aromatic carbocycles. The number of hydrogen-bond acceptors (Lipinski definition) is 3. The van der Waals surface area contributed by atoms with E-state index in [2.05, 4.69) is 26.5 Å². The number of aliphatic hydroxyl groups excluding tert-OH is 1. The van der Waals surface area contributed by atoms with Crippen LogP contribution < -0.4 is 5.32 Å². The zero-order chi connectivity index (χ0) is 18.5. The molecular weight excluding hydrogens is 333 g/mol. The Morgan fingerprint density at radius 3 is 2.96 bits per heavy atom. The summed E-state index contributed by atoms with van der Waals surface area (Å²) in [6, 6.07) is 6.28. The van der Waals surface area contributed by atoms with Crippen molar-refractivity contribution in [3.8, 4) is 0 Å². The van der Waals surface area contributed by atoms with Crippen molar-refractivity contribution in [1.29, 1.82) is 0 Å². The molecule has 0 radical (unpaired) electrons. The first-order valence-electron chi connectivity index (χ1n) is 9.02. The summed E-state index contributed by atoms with van der Waals surface area (Å²) >= 11 is 0. The third-order valence-corrected chi connectivity index (χ3v) is 4.70. The Balaban J connectivity index is 1.67. The molecule has 1 aliphatic rings. The molecule has 7 heteroatoms. The lowest BCUT2D eigenvalue weighted by Gasteiger charge is -2.22. The number of aryl methyl sites for hydroxylation is 1. The van der Waals surface area contributed by atoms with Crippen molar-refractivity contribution in [1.82, 2.24) is 20.0 Å². The van der Waals surface area contributed by atoms with Crippen LogP contribution in [0.1, 0.15) is 36.5 Å². The maximum absolute atomic E-state index is 13.8. The van der Waals surface area contributed by atoms with Gasteiger partial charge >= 0.3 is 0 Å². The molecule has 2 unspecified atom stereocenters. The highest BCUT2D eigenvalue weighted by Gasteiger charge is 2.27. The Bertz CT molecular complexity index is 760. The molecule has 3 rings (SSSR count). The van der Waals surface area contributed by atoms with Gasteiger partial charge in [0.05, 0.1) is 12.7 Å². The molecule has 2 aromatic rings. The van der Waals surface area contributed by atoms with E-state index in [1.54, 1.807) is 18.2 Å². The number of halogens is 1. The van der Waals surface area contributed by atoms with Crippen LogP contribution in [0, 0.1) is 5.82 Å². The summed E-state index contributed by atoms with van der Waals surface area (Å²) in [6.45, 7) is 4.62. The van der Waals surface area contributed by atoms with Crippen molar-refractivity contribution < 1.29 is 9.50 Å². The van der Waals surface area contributed by atoms with Crippen LogP contribution in [0.25, 0.3) is 0 Å². The summed E-state index contributed by atoms with van der Waals surface area (Å²) in [7, 11) is 1.92. The largest absolute Gasteiger partial charge is 0.386 e. The Morgan fingerprint density at radius 1 is 1.46 bits per heavy atom. The molecule has 2 heterocycles. The van der Waals surface area contributed by atoms with Crippen LogP contribution in [-0.4, -0.2) is 51.9 Å². The summed E-state index contributed by atoms with van der Waals surface area (Å²) in [5.41, 5.74) is 1.51. The summed E-state index contributed by atoms with van der Waals surface area (Å²) in [5, 5.41) is 17.8. The molecule has 0 aliphatic carbocycles. The van der Waals surface area contributed by atoms with Gasteiger partial charge in [0, 0.05) is 44.4 Å². The van der Waals surface area contributed by atoms with Crippen molar-refractivity contribution in [3.05, 3.63) is 53.6 Å². The minimum atomic E-state index is -0.957. The molecule has 0 bridgehead atoms. The minimum Gasteiger partial charge on any atom is -0.386 e. The van der Waals surface area contributed by atoms with Crippen LogP contribution in [0.2, 0.25) is 0 Å². The molecule has 1 saturated heterocycles. The maximum Gasteiger partial charge on any atom is 0.194 e. The van der Waals surface area contributed by atoms with Crippen LogP contribution in [0.5, 0.6) is 0 Å². The lowest BCUT2D eigenvalue weighted by molar-refractivity contribution is 0.181. The number of aromatic nitrogens is 2. The number of nitrogens with one attached hydrogen (secondary N) is 1. The molecular formula is C19H26FN5O. The summed E-state index contributed by atoms with van der Waals surface area (Å²) in [5.74, 6) is 0.774. The molecule has 6 nitrogen and oxygen atoms in total. The first-order chi connectivity index (χ1) is 12.6. The van der Waals surface area contributed by atoms with E-state index in [1.807, 2.05) is 24.9 Å². The van der Waals surface area contributed by atoms with E-state index in [4.69, 9.17) is 0 Å². The van der Waals surface area contributed by atoms with Crippen molar-refractivity contribution >= 4 is 5.96 Å². The molecule has 1 fully saturated rings. The van der Waals surface area contributed by atoms with Crippen molar-refractivity contribution in [2.24, 2.45) is 12.0 Å². The zero-order valence-electron chi connectivity index (χ0n) is 15.3. The molecule has 0 amide bonds. The third-order valence-electron chi connectivity index (χ3n) is 4.70. The van der Waals surface area contributed by atoms with Gasteiger partial charge in [0.25, 0.3) is 0 Å². The number of guanidine groups is 1. The zero-order valence-corrected chi connectivity index (χ0v) is 15.3. The van der Waals surface area contributed by atoms with Gasteiger partial charge in [-0.2, -0.15) is 5.10 Å². The van der Waals surface area contributed by atoms with E-state index in [1.165, 1.54) is 11.6 Å². The lowest BCUT2D eigenvalue weighted by Crippen LogP contribution is -2.40. The van der Waals surface area contributed by atoms with E-state index >= 15 is 0 Å². The predicted molar refractivity (Wildman–Crippen MR) is 99.5 cm³/mol. The van der Waals surface area contributed by atoms with Gasteiger partial charge in [-0.1, -0.05) is 18.2 Å². The van der Waals surface area contributed by atoms with Crippen molar-refractivity contribution in [2.75, 3.05) is 26.2 Å². The Kier molecular flexibility index (Phi) is 5.88. The second-order valence-electron chi connectivity index (χ2n) is 6.61. The first-order valence-corrected chi connectivity index (χ1v) is 9.02. The number of hydrogen-bond donors (Lipinski definition) is 2. The van der Waals surface area contributed by atoms with E-state index in [0.717, 1.165) is 32.0 Å². The highest BCUT2D eigenvalue weighted by atomic mass is 19.1. The standard InChI is InChI=1S/C19H26FN5O/c1-3-21-19(22-11-18(26)16-6-4-5-7-17(16)20)25-9-8-14(13-25)15-10-23-24(2)12-15/h4-7,10,12,14,18,26H,3,8-9,11,13H2,1-2H3,(H,21,22). The number of rotatable bonds is 5. The Hall–Kier alpha value is -2.41. The molecule has 2 atom stereocenters. The van der Waals surface area contributed by atoms with E-state index in [0.29, 0.717) is 5.92 Å². The quantitative estimate of drug-likeness (QED) is 0.633. The van der Waals surface area contributed by atoms with Gasteiger partial charge in [-0.25, -0.2) is 4.39 Å². The number of nitrogens with zero attached hydrogens (tertiary/aromatic N) is 4. The van der Waals surface area contributed by atoms with Crippen LogP contribution in [0.4, 0.5) is 4.39 Å². The molecule has 26 heavy (non-hydrogen) atoms. The summed E-state index contributed by atoms with van der Waals surface area (Å²) in [6.07, 6.45) is 4.05. The van der Waals surface area contributed by atoms with Gasteiger partial charge in [0.15, 0.2) is 5.96 Å². The normalized spacial score (nSPS) is 19.0. The first kappa shape index (κ1) is 18.4. The second kappa shape index (κ2) is 8.31. The second-order valence-corrected chi connectivity index (χ2v) is 6.61. The molecule has 1 aliphatic heterocycles. The van der Waals surface area contributed by atoms with Crippen LogP contribution in [0.3, 0.4) is 0 Å². The summed E-state index contributed by atoms with van der Waals surface area (Å²) in [4.78, 5) is 6.73. The highest BCUT2D eigenvalue weighted by Crippen LogP contribution is 2.27. The fraction of sp³-hybridized carbons (Fsp3) is 0.474. The van der Waals surface area contributed by atoms with Crippen molar-refractivity contribution in [3.63, 3.8) is 0 Å². The fourth-order valence-electron chi connectivity index (χ4n) is 3.32. The molecule has 140 valence electrons. The third kappa shape index (κ3) is 4.22. The van der Waals surface area contributed by atoms with Gasteiger partial charge in [-0.3, -0.25) is 9.67 Å². The average molecular weight is 359 g/mol. The van der Waals surface area contributed by atoms with E-state index in [9.17, 15) is 9.50 Å². The number of aliphatic hydroxyl groups is 1. The number of likely N-dealkylation sites (tertiary alicyclic amines) is 1. The van der Waals surface area contributed by atoms with Crippen LogP contribution in [-0.2, 0) is 7.05 Å². The average Bonchev–Trinajstić information content (AvgIpc) is 3.27. The monoisotopic (exact) mass is 359 g/mol. The molecule has 0 saturated carbocycles. The molecule has 2 N–H and O–H groups in total. The molecule has 0 spiro atoms. The fourth-order valence-corrected chi connectivity index (χ4v) is 3.32. The van der Waals surface area contributed by atoms with Crippen molar-refractivity contribution in [2.45, 2.75) is 25.4 Å². The van der Waals surface area contributed by atoms with E-state index < -0.39 is 11.9 Å².